The molecule has 2 atom stereocenters. The fourth-order valence-corrected chi connectivity index (χ4v) is 5.21. The first kappa shape index (κ1) is 24.2. The van der Waals surface area contributed by atoms with Crippen molar-refractivity contribution in [3.05, 3.63) is 39.9 Å². The van der Waals surface area contributed by atoms with E-state index in [1.165, 1.54) is 6.20 Å². The van der Waals surface area contributed by atoms with Crippen molar-refractivity contribution in [1.82, 2.24) is 9.97 Å². The van der Waals surface area contributed by atoms with Gasteiger partial charge in [0.15, 0.2) is 5.43 Å². The zero-order chi connectivity index (χ0) is 23.5. The number of nitrogens with zero attached hydrogens (tertiary/aromatic N) is 1. The largest absolute Gasteiger partial charge is 0.364 e. The molecule has 176 valence electrons. The molecule has 9 heteroatoms. The summed E-state index contributed by atoms with van der Waals surface area (Å²) in [6.45, 7) is 0.833. The molecular formula is C23H29F4N3O2. The van der Waals surface area contributed by atoms with Crippen LogP contribution < -0.4 is 11.2 Å². The summed E-state index contributed by atoms with van der Waals surface area (Å²) in [5.41, 5.74) is 6.44. The average Bonchev–Trinajstić information content (AvgIpc) is 2.73. The molecule has 0 aliphatic heterocycles. The standard InChI is InChI=1S/C21H25F2N3O2.C2H4F2/c22-21(23)8-5-12(6-9-21)13-3-1-2-4-14(13)16-11-17(27)18-15(26-16)7-10-25-19(18)20(24)28;1-2(3)4/h7,10-14H,1-6,8-9H2,(H2,24,28)(H,26,27);2H,1H3/t13-,14+;/m0./s1. The Labute approximate surface area is 183 Å². The summed E-state index contributed by atoms with van der Waals surface area (Å²) < 4.78 is 47.9. The van der Waals surface area contributed by atoms with E-state index in [-0.39, 0.29) is 41.2 Å². The summed E-state index contributed by atoms with van der Waals surface area (Å²) >= 11 is 0. The Balaban J connectivity index is 0.000000668. The Kier molecular flexibility index (Phi) is 7.56. The summed E-state index contributed by atoms with van der Waals surface area (Å²) in [5, 5.41) is 0.211. The molecule has 2 aliphatic rings. The van der Waals surface area contributed by atoms with Gasteiger partial charge in [0.1, 0.15) is 5.69 Å². The normalized spacial score (nSPS) is 23.6. The second-order valence-electron chi connectivity index (χ2n) is 8.80. The molecular weight excluding hydrogens is 426 g/mol. The highest BCUT2D eigenvalue weighted by Crippen LogP contribution is 2.48. The Morgan fingerprint density at radius 3 is 2.44 bits per heavy atom. The van der Waals surface area contributed by atoms with Gasteiger partial charge < -0.3 is 10.7 Å². The monoisotopic (exact) mass is 455 g/mol. The SMILES string of the molecule is CC(F)F.NC(=O)c1nccc2[nH]c([C@@H]3CCCC[C@H]3C3CCC(F)(F)CC3)cc(=O)c12. The molecule has 3 N–H and O–H groups in total. The molecule has 5 nitrogen and oxygen atoms in total. The molecule has 2 saturated carbocycles. The minimum absolute atomic E-state index is 0.0278. The van der Waals surface area contributed by atoms with Crippen molar-refractivity contribution in [2.45, 2.75) is 76.6 Å². The zero-order valence-electron chi connectivity index (χ0n) is 18.1. The zero-order valence-corrected chi connectivity index (χ0v) is 18.1. The van der Waals surface area contributed by atoms with E-state index in [9.17, 15) is 27.2 Å². The van der Waals surface area contributed by atoms with Gasteiger partial charge in [-0.2, -0.15) is 0 Å². The number of hydrogen-bond acceptors (Lipinski definition) is 3. The van der Waals surface area contributed by atoms with Gasteiger partial charge >= 0.3 is 0 Å². The van der Waals surface area contributed by atoms with Gasteiger partial charge in [0.2, 0.25) is 12.3 Å². The first-order valence-electron chi connectivity index (χ1n) is 11.1. The molecule has 0 bridgehead atoms. The van der Waals surface area contributed by atoms with Crippen LogP contribution in [0.25, 0.3) is 10.9 Å². The van der Waals surface area contributed by atoms with Crippen molar-refractivity contribution in [3.63, 3.8) is 0 Å². The molecule has 2 aromatic heterocycles. The number of carbonyl (C=O) groups excluding carboxylic acids is 1. The number of halogens is 4. The van der Waals surface area contributed by atoms with Gasteiger partial charge in [-0.1, -0.05) is 12.8 Å². The van der Waals surface area contributed by atoms with Crippen LogP contribution in [-0.2, 0) is 0 Å². The predicted molar refractivity (Wildman–Crippen MR) is 114 cm³/mol. The van der Waals surface area contributed by atoms with Crippen LogP contribution in [0.15, 0.2) is 23.1 Å². The third-order valence-corrected chi connectivity index (χ3v) is 6.58. The topological polar surface area (TPSA) is 88.8 Å². The minimum Gasteiger partial charge on any atom is -0.364 e. The Morgan fingerprint density at radius 2 is 1.81 bits per heavy atom. The number of aromatic nitrogens is 2. The highest BCUT2D eigenvalue weighted by atomic mass is 19.3. The van der Waals surface area contributed by atoms with Gasteiger partial charge in [0.25, 0.3) is 5.91 Å². The van der Waals surface area contributed by atoms with Crippen LogP contribution in [0.1, 0.15) is 80.4 Å². The minimum atomic E-state index is -2.53. The number of amides is 1. The van der Waals surface area contributed by atoms with E-state index in [2.05, 4.69) is 9.97 Å². The van der Waals surface area contributed by atoms with Crippen molar-refractivity contribution in [2.24, 2.45) is 17.6 Å². The predicted octanol–water partition coefficient (Wildman–Crippen LogP) is 5.39. The second kappa shape index (κ2) is 10.0. The number of carbonyl (C=O) groups is 1. The lowest BCUT2D eigenvalue weighted by molar-refractivity contribution is -0.0557. The number of fused-ring (bicyclic) bond motifs is 1. The second-order valence-corrected chi connectivity index (χ2v) is 8.80. The summed E-state index contributed by atoms with van der Waals surface area (Å²) in [7, 11) is 0. The molecule has 1 amide bonds. The fraction of sp³-hybridized carbons (Fsp3) is 0.609. The van der Waals surface area contributed by atoms with Crippen LogP contribution in [0.2, 0.25) is 0 Å². The van der Waals surface area contributed by atoms with Crippen molar-refractivity contribution in [1.29, 1.82) is 0 Å². The van der Waals surface area contributed by atoms with Crippen LogP contribution in [0.4, 0.5) is 17.6 Å². The smallest absolute Gasteiger partial charge is 0.268 e. The lowest BCUT2D eigenvalue weighted by atomic mass is 9.66. The molecule has 4 rings (SSSR count). The molecule has 0 radical (unpaired) electrons. The van der Waals surface area contributed by atoms with E-state index in [1.807, 2.05) is 0 Å². The molecule has 32 heavy (non-hydrogen) atoms. The lowest BCUT2D eigenvalue weighted by Crippen LogP contribution is -2.33. The number of H-pyrrole nitrogens is 1. The number of alkyl halides is 4. The number of rotatable bonds is 3. The van der Waals surface area contributed by atoms with Crippen LogP contribution >= 0.6 is 0 Å². The molecule has 0 unspecified atom stereocenters. The third-order valence-electron chi connectivity index (χ3n) is 6.58. The van der Waals surface area contributed by atoms with Crippen molar-refractivity contribution < 1.29 is 22.4 Å². The summed E-state index contributed by atoms with van der Waals surface area (Å²) in [6.07, 6.45) is 4.41. The van der Waals surface area contributed by atoms with Crippen LogP contribution in [0.5, 0.6) is 0 Å². The summed E-state index contributed by atoms with van der Waals surface area (Å²) in [5.74, 6) is -2.55. The van der Waals surface area contributed by atoms with Crippen molar-refractivity contribution >= 4 is 16.8 Å². The van der Waals surface area contributed by atoms with Crippen LogP contribution in [-0.4, -0.2) is 28.2 Å². The Hall–Kier alpha value is -2.45. The van der Waals surface area contributed by atoms with Crippen LogP contribution in [0.3, 0.4) is 0 Å². The molecule has 2 heterocycles. The van der Waals surface area contributed by atoms with Gasteiger partial charge in [-0.25, -0.2) is 17.6 Å². The van der Waals surface area contributed by atoms with Crippen molar-refractivity contribution in [3.8, 4) is 0 Å². The van der Waals surface area contributed by atoms with E-state index >= 15 is 0 Å². The van der Waals surface area contributed by atoms with E-state index in [4.69, 9.17) is 5.73 Å². The highest BCUT2D eigenvalue weighted by Gasteiger charge is 2.41. The van der Waals surface area contributed by atoms with Gasteiger partial charge in [-0.15, -0.1) is 0 Å². The van der Waals surface area contributed by atoms with Crippen molar-refractivity contribution in [2.75, 3.05) is 0 Å². The summed E-state index contributed by atoms with van der Waals surface area (Å²) in [6, 6.07) is 3.22. The summed E-state index contributed by atoms with van der Waals surface area (Å²) in [4.78, 5) is 31.6. The molecule has 0 saturated heterocycles. The maximum absolute atomic E-state index is 13.6. The number of primary amides is 1. The highest BCUT2D eigenvalue weighted by molar-refractivity contribution is 6.03. The van der Waals surface area contributed by atoms with E-state index < -0.39 is 18.3 Å². The first-order chi connectivity index (χ1) is 15.1. The quantitative estimate of drug-likeness (QED) is 0.608. The fourth-order valence-electron chi connectivity index (χ4n) is 5.21. The Bertz CT molecular complexity index is 996. The van der Waals surface area contributed by atoms with E-state index in [0.29, 0.717) is 24.3 Å². The first-order valence-corrected chi connectivity index (χ1v) is 11.1. The molecule has 2 fully saturated rings. The van der Waals surface area contributed by atoms with E-state index in [0.717, 1.165) is 38.3 Å². The average molecular weight is 455 g/mol. The van der Waals surface area contributed by atoms with E-state index in [1.54, 1.807) is 12.1 Å². The maximum atomic E-state index is 13.6. The van der Waals surface area contributed by atoms with Crippen LogP contribution in [0, 0.1) is 11.8 Å². The van der Waals surface area contributed by atoms with Gasteiger partial charge in [-0.05, 0) is 50.5 Å². The van der Waals surface area contributed by atoms with Gasteiger partial charge in [0, 0.05) is 36.7 Å². The number of hydrogen-bond donors (Lipinski definition) is 2. The molecule has 2 aromatic rings. The number of aromatic amines is 1. The number of nitrogens with two attached hydrogens (primary N) is 1. The van der Waals surface area contributed by atoms with Gasteiger partial charge in [0.05, 0.1) is 10.9 Å². The number of pyridine rings is 2. The maximum Gasteiger partial charge on any atom is 0.268 e. The number of nitrogens with one attached hydrogen (secondary N) is 1. The lowest BCUT2D eigenvalue weighted by Gasteiger charge is -2.40. The van der Waals surface area contributed by atoms with Gasteiger partial charge in [-0.3, -0.25) is 14.6 Å². The molecule has 2 aliphatic carbocycles. The molecule has 0 spiro atoms. The third kappa shape index (κ3) is 5.66. The Morgan fingerprint density at radius 1 is 1.19 bits per heavy atom. The molecule has 0 aromatic carbocycles.